The zero-order valence-corrected chi connectivity index (χ0v) is 17.7. The third kappa shape index (κ3) is 5.98. The number of sulfonamides is 1. The molecule has 3 aromatic rings. The van der Waals surface area contributed by atoms with E-state index in [0.29, 0.717) is 22.0 Å². The molecule has 0 aliphatic heterocycles. The molecule has 0 saturated carbocycles. The van der Waals surface area contributed by atoms with Crippen LogP contribution >= 0.6 is 22.9 Å². The molecule has 150 valence electrons. The van der Waals surface area contributed by atoms with E-state index in [4.69, 9.17) is 11.6 Å². The molecule has 1 aromatic heterocycles. The summed E-state index contributed by atoms with van der Waals surface area (Å²) in [6.45, 7) is 3.66. The van der Waals surface area contributed by atoms with E-state index in [-0.39, 0.29) is 18.2 Å². The van der Waals surface area contributed by atoms with Crippen molar-refractivity contribution in [2.24, 2.45) is 0 Å². The van der Waals surface area contributed by atoms with Gasteiger partial charge in [-0.2, -0.15) is 0 Å². The fraction of sp³-hybridized carbons (Fsp3) is 0.100. The summed E-state index contributed by atoms with van der Waals surface area (Å²) in [7, 11) is -3.43. The smallest absolute Gasteiger partial charge is 0.275 e. The second-order valence-corrected chi connectivity index (χ2v) is 9.19. The molecule has 6 nitrogen and oxygen atoms in total. The van der Waals surface area contributed by atoms with Crippen LogP contribution in [0, 0.1) is 0 Å². The van der Waals surface area contributed by atoms with Gasteiger partial charge in [0.25, 0.3) is 5.91 Å². The maximum Gasteiger partial charge on any atom is 0.275 e. The summed E-state index contributed by atoms with van der Waals surface area (Å²) in [5.41, 5.74) is 2.35. The van der Waals surface area contributed by atoms with Gasteiger partial charge in [-0.1, -0.05) is 41.9 Å². The number of carbonyl (C=O) groups is 1. The number of rotatable bonds is 8. The van der Waals surface area contributed by atoms with Gasteiger partial charge in [-0.25, -0.2) is 18.1 Å². The fourth-order valence-corrected chi connectivity index (χ4v) is 4.48. The largest absolute Gasteiger partial charge is 0.321 e. The summed E-state index contributed by atoms with van der Waals surface area (Å²) in [5.74, 6) is -0.486. The molecule has 0 spiro atoms. The quantitative estimate of drug-likeness (QED) is 0.503. The van der Waals surface area contributed by atoms with Gasteiger partial charge >= 0.3 is 0 Å². The zero-order valence-electron chi connectivity index (χ0n) is 15.3. The highest BCUT2D eigenvalue weighted by molar-refractivity contribution is 7.88. The number of benzene rings is 2. The van der Waals surface area contributed by atoms with Crippen molar-refractivity contribution in [3.63, 3.8) is 0 Å². The first-order valence-electron chi connectivity index (χ1n) is 8.56. The number of thiazole rings is 1. The second-order valence-electron chi connectivity index (χ2n) is 6.09. The van der Waals surface area contributed by atoms with Crippen LogP contribution in [-0.4, -0.2) is 25.9 Å². The van der Waals surface area contributed by atoms with Crippen molar-refractivity contribution in [1.82, 2.24) is 9.71 Å². The average molecular weight is 448 g/mol. The Morgan fingerprint density at radius 2 is 1.83 bits per heavy atom. The fourth-order valence-electron chi connectivity index (χ4n) is 2.44. The van der Waals surface area contributed by atoms with E-state index < -0.39 is 10.0 Å². The molecule has 0 saturated heterocycles. The first-order valence-corrected chi connectivity index (χ1v) is 11.5. The Morgan fingerprint density at radius 3 is 2.48 bits per heavy atom. The van der Waals surface area contributed by atoms with E-state index in [1.54, 1.807) is 41.8 Å². The molecule has 0 aliphatic rings. The molecule has 3 rings (SSSR count). The van der Waals surface area contributed by atoms with Gasteiger partial charge in [0, 0.05) is 28.2 Å². The summed E-state index contributed by atoms with van der Waals surface area (Å²) < 4.78 is 26.2. The van der Waals surface area contributed by atoms with Crippen LogP contribution in [0.1, 0.15) is 16.1 Å². The minimum absolute atomic E-state index is 0.147. The Bertz CT molecular complexity index is 1110. The minimum Gasteiger partial charge on any atom is -0.321 e. The van der Waals surface area contributed by atoms with Crippen molar-refractivity contribution in [1.29, 1.82) is 0 Å². The molecule has 0 radical (unpaired) electrons. The lowest BCUT2D eigenvalue weighted by Gasteiger charge is -2.07. The highest BCUT2D eigenvalue weighted by Crippen LogP contribution is 2.25. The van der Waals surface area contributed by atoms with E-state index in [1.165, 1.54) is 17.4 Å². The molecule has 9 heteroatoms. The first kappa shape index (κ1) is 21.2. The summed E-state index contributed by atoms with van der Waals surface area (Å²) in [4.78, 5) is 16.8. The van der Waals surface area contributed by atoms with Gasteiger partial charge in [0.05, 0.1) is 5.75 Å². The number of carbonyl (C=O) groups excluding carboxylic acids is 1. The van der Waals surface area contributed by atoms with Gasteiger partial charge in [-0.3, -0.25) is 4.79 Å². The minimum atomic E-state index is -3.43. The van der Waals surface area contributed by atoms with Crippen molar-refractivity contribution < 1.29 is 13.2 Å². The summed E-state index contributed by atoms with van der Waals surface area (Å²) in [6, 6.07) is 13.9. The molecule has 1 amide bonds. The van der Waals surface area contributed by atoms with Gasteiger partial charge < -0.3 is 5.32 Å². The molecule has 0 unspecified atom stereocenters. The molecule has 2 N–H and O–H groups in total. The highest BCUT2D eigenvalue weighted by atomic mass is 35.5. The van der Waals surface area contributed by atoms with Crippen molar-refractivity contribution in [2.75, 3.05) is 11.9 Å². The lowest BCUT2D eigenvalue weighted by atomic mass is 10.2. The van der Waals surface area contributed by atoms with Gasteiger partial charge in [0.15, 0.2) is 0 Å². The molecule has 0 aliphatic carbocycles. The number of halogens is 1. The topological polar surface area (TPSA) is 88.2 Å². The van der Waals surface area contributed by atoms with E-state index in [1.807, 2.05) is 12.1 Å². The monoisotopic (exact) mass is 447 g/mol. The van der Waals surface area contributed by atoms with Crippen LogP contribution in [0.5, 0.6) is 0 Å². The third-order valence-electron chi connectivity index (χ3n) is 3.84. The molecule has 0 bridgehead atoms. The Kier molecular flexibility index (Phi) is 6.81. The number of aromatic nitrogens is 1. The lowest BCUT2D eigenvalue weighted by Crippen LogP contribution is -2.25. The number of hydrogen-bond acceptors (Lipinski definition) is 5. The normalized spacial score (nSPS) is 11.2. The van der Waals surface area contributed by atoms with Crippen LogP contribution in [0.2, 0.25) is 5.02 Å². The molecule has 1 heterocycles. The van der Waals surface area contributed by atoms with E-state index in [0.717, 1.165) is 10.6 Å². The standard InChI is InChI=1S/C20H18ClN3O3S2/c1-2-11-22-29(26,27)13-14-3-9-17(10-4-14)23-19(25)18-12-28-20(24-18)15-5-7-16(21)8-6-15/h2-10,12,22H,1,11,13H2,(H,23,25). The van der Waals surface area contributed by atoms with Crippen molar-refractivity contribution >= 4 is 44.6 Å². The third-order valence-corrected chi connectivity index (χ3v) is 6.31. The number of anilines is 1. The maximum atomic E-state index is 12.4. The van der Waals surface area contributed by atoms with Crippen molar-refractivity contribution in [3.05, 3.63) is 82.8 Å². The Morgan fingerprint density at radius 1 is 1.14 bits per heavy atom. The number of hydrogen-bond donors (Lipinski definition) is 2. The highest BCUT2D eigenvalue weighted by Gasteiger charge is 2.13. The van der Waals surface area contributed by atoms with Crippen LogP contribution < -0.4 is 10.0 Å². The second kappa shape index (κ2) is 9.32. The van der Waals surface area contributed by atoms with Gasteiger partial charge in [-0.15, -0.1) is 17.9 Å². The molecular formula is C20H18ClN3O3S2. The van der Waals surface area contributed by atoms with E-state index in [2.05, 4.69) is 21.6 Å². The SMILES string of the molecule is C=CCNS(=O)(=O)Cc1ccc(NC(=O)c2csc(-c3ccc(Cl)cc3)n2)cc1. The van der Waals surface area contributed by atoms with Crippen LogP contribution in [0.25, 0.3) is 10.6 Å². The molecule has 0 atom stereocenters. The molecule has 2 aromatic carbocycles. The van der Waals surface area contributed by atoms with Gasteiger partial charge in [0.2, 0.25) is 10.0 Å². The molecule has 29 heavy (non-hydrogen) atoms. The Labute approximate surface area is 178 Å². The molecule has 0 fully saturated rings. The Balaban J connectivity index is 1.64. The first-order chi connectivity index (χ1) is 13.9. The summed E-state index contributed by atoms with van der Waals surface area (Å²) in [6.07, 6.45) is 1.48. The maximum absolute atomic E-state index is 12.4. The van der Waals surface area contributed by atoms with Crippen molar-refractivity contribution in [3.8, 4) is 10.6 Å². The van der Waals surface area contributed by atoms with Crippen LogP contribution in [-0.2, 0) is 15.8 Å². The summed E-state index contributed by atoms with van der Waals surface area (Å²) >= 11 is 7.26. The van der Waals surface area contributed by atoms with E-state index in [9.17, 15) is 13.2 Å². The predicted octanol–water partition coefficient (Wildman–Crippen LogP) is 4.32. The van der Waals surface area contributed by atoms with E-state index >= 15 is 0 Å². The number of nitrogens with one attached hydrogen (secondary N) is 2. The zero-order chi connectivity index (χ0) is 20.9. The van der Waals surface area contributed by atoms with Crippen LogP contribution in [0.4, 0.5) is 5.69 Å². The number of nitrogens with zero attached hydrogens (tertiary/aromatic N) is 1. The van der Waals surface area contributed by atoms with Crippen LogP contribution in [0.3, 0.4) is 0 Å². The van der Waals surface area contributed by atoms with Crippen LogP contribution in [0.15, 0.2) is 66.6 Å². The lowest BCUT2D eigenvalue weighted by molar-refractivity contribution is 0.102. The number of amides is 1. The predicted molar refractivity (Wildman–Crippen MR) is 118 cm³/mol. The average Bonchev–Trinajstić information content (AvgIpc) is 3.19. The van der Waals surface area contributed by atoms with Crippen molar-refractivity contribution in [2.45, 2.75) is 5.75 Å². The van der Waals surface area contributed by atoms with Gasteiger partial charge in [-0.05, 0) is 29.8 Å². The summed E-state index contributed by atoms with van der Waals surface area (Å²) in [5, 5.41) is 5.81. The Hall–Kier alpha value is -2.52. The van der Waals surface area contributed by atoms with Gasteiger partial charge in [0.1, 0.15) is 10.7 Å². The molecular weight excluding hydrogens is 430 g/mol.